The number of hydrogen-bond donors (Lipinski definition) is 1. The lowest BCUT2D eigenvalue weighted by Crippen LogP contribution is -2.31. The molecule has 0 unspecified atom stereocenters. The molecule has 0 spiro atoms. The van der Waals surface area contributed by atoms with E-state index in [0.717, 1.165) is 0 Å². The summed E-state index contributed by atoms with van der Waals surface area (Å²) in [6.45, 7) is 6.77. The predicted molar refractivity (Wildman–Crippen MR) is 95.1 cm³/mol. The lowest BCUT2D eigenvalue weighted by molar-refractivity contribution is -0.153. The van der Waals surface area contributed by atoms with Crippen LogP contribution in [0.5, 0.6) is 5.75 Å². The quantitative estimate of drug-likeness (QED) is 0.515. The van der Waals surface area contributed by atoms with Crippen molar-refractivity contribution >= 4 is 22.4 Å². The van der Waals surface area contributed by atoms with Crippen molar-refractivity contribution in [3.8, 4) is 5.75 Å². The summed E-state index contributed by atoms with van der Waals surface area (Å²) in [5.74, 6) is -1.26. The van der Waals surface area contributed by atoms with Gasteiger partial charge in [-0.1, -0.05) is 9.95 Å². The normalized spacial score (nSPS) is 11.8. The highest BCUT2D eigenvalue weighted by Crippen LogP contribution is 2.26. The zero-order chi connectivity index (χ0) is 20.8. The van der Waals surface area contributed by atoms with E-state index in [4.69, 9.17) is 4.74 Å². The molecule has 10 heteroatoms. The second-order valence-corrected chi connectivity index (χ2v) is 7.75. The van der Waals surface area contributed by atoms with Gasteiger partial charge in [-0.3, -0.25) is 9.59 Å². The first-order valence-electron chi connectivity index (χ1n) is 8.06. The first-order valence-corrected chi connectivity index (χ1v) is 9.37. The van der Waals surface area contributed by atoms with Crippen LogP contribution in [-0.4, -0.2) is 39.6 Å². The van der Waals surface area contributed by atoms with Gasteiger partial charge in [0.25, 0.3) is 0 Å². The Morgan fingerprint density at radius 3 is 2.33 bits per heavy atom. The molecule has 0 radical (unpaired) electrons. The molecule has 1 aromatic rings. The monoisotopic (exact) mass is 405 g/mol. The number of rotatable bonds is 8. The first-order chi connectivity index (χ1) is 12.3. The molecule has 8 nitrogen and oxygen atoms in total. The van der Waals surface area contributed by atoms with E-state index in [0.29, 0.717) is 11.1 Å². The average molecular weight is 405 g/mol. The topological polar surface area (TPSA) is 108 Å². The lowest BCUT2D eigenvalue weighted by atomic mass is 10.0. The number of benzene rings is 1. The van der Waals surface area contributed by atoms with Gasteiger partial charge < -0.3 is 19.0 Å². The summed E-state index contributed by atoms with van der Waals surface area (Å²) in [7, 11) is -4.02. The van der Waals surface area contributed by atoms with Crippen LogP contribution in [0.3, 0.4) is 0 Å². The van der Waals surface area contributed by atoms with Gasteiger partial charge in [-0.15, -0.1) is 0 Å². The van der Waals surface area contributed by atoms with Crippen molar-refractivity contribution in [2.24, 2.45) is 0 Å². The Bertz CT molecular complexity index is 800. The minimum Gasteiger partial charge on any atom is -0.469 e. The van der Waals surface area contributed by atoms with E-state index in [1.54, 1.807) is 26.8 Å². The molecule has 152 valence electrons. The van der Waals surface area contributed by atoms with E-state index in [1.807, 2.05) is 0 Å². The number of carbonyl (C=O) groups is 2. The van der Waals surface area contributed by atoms with Crippen molar-refractivity contribution in [1.82, 2.24) is 5.32 Å². The van der Waals surface area contributed by atoms with E-state index in [-0.39, 0.29) is 30.8 Å². The summed E-state index contributed by atoms with van der Waals surface area (Å²) >= 11 is 0. The van der Waals surface area contributed by atoms with E-state index in [2.05, 4.69) is 14.2 Å². The van der Waals surface area contributed by atoms with Crippen LogP contribution >= 0.6 is 0 Å². The van der Waals surface area contributed by atoms with Gasteiger partial charge in [-0.2, -0.15) is 8.42 Å². The molecule has 0 fully saturated rings. The maximum atomic E-state index is 12.9. The molecule has 0 amide bonds. The minimum atomic E-state index is -5.23. The van der Waals surface area contributed by atoms with Gasteiger partial charge in [0.15, 0.2) is 0 Å². The van der Waals surface area contributed by atoms with E-state index in [1.165, 1.54) is 20.1 Å². The zero-order valence-electron chi connectivity index (χ0n) is 15.9. The van der Waals surface area contributed by atoms with Crippen LogP contribution in [0.25, 0.3) is 0 Å². The molecule has 0 atom stereocenters. The summed E-state index contributed by atoms with van der Waals surface area (Å²) in [6, 6.07) is 2.93. The van der Waals surface area contributed by atoms with Gasteiger partial charge in [0.1, 0.15) is 11.4 Å². The summed E-state index contributed by atoms with van der Waals surface area (Å²) in [5, 5.41) is 2.84. The molecular formula is C17H24FNO7S. The van der Waals surface area contributed by atoms with Crippen LogP contribution in [0.2, 0.25) is 0 Å². The van der Waals surface area contributed by atoms with Crippen LogP contribution in [0.1, 0.15) is 37.5 Å². The number of methoxy groups -OCH3 is 1. The van der Waals surface area contributed by atoms with Crippen LogP contribution in [0, 0.1) is 6.92 Å². The maximum absolute atomic E-state index is 12.9. The number of halogens is 1. The SMILES string of the molecule is COC(=O)Cc1cc(CNCC(=O)OC(C)(C)C)cc(OS(=O)(=O)F)c1C. The predicted octanol–water partition coefficient (Wildman–Crippen LogP) is 1.73. The number of esters is 2. The average Bonchev–Trinajstić information content (AvgIpc) is 2.48. The Kier molecular flexibility index (Phi) is 7.73. The summed E-state index contributed by atoms with van der Waals surface area (Å²) < 4.78 is 48.7. The summed E-state index contributed by atoms with van der Waals surface area (Å²) in [6.07, 6.45) is -0.148. The Morgan fingerprint density at radius 1 is 1.19 bits per heavy atom. The van der Waals surface area contributed by atoms with Gasteiger partial charge in [-0.05, 0) is 50.5 Å². The molecule has 0 heterocycles. The Balaban J connectivity index is 2.97. The van der Waals surface area contributed by atoms with Gasteiger partial charge in [0.2, 0.25) is 0 Å². The third-order valence-corrected chi connectivity index (χ3v) is 3.68. The standard InChI is InChI=1S/C17H24FNO7S/c1-11-13(8-15(20)24-5)6-12(7-14(11)26-27(18,22)23)9-19-10-16(21)25-17(2,3)4/h6-7,19H,8-10H2,1-5H3. The maximum Gasteiger partial charge on any atom is 0.488 e. The summed E-state index contributed by atoms with van der Waals surface area (Å²) in [4.78, 5) is 23.3. The third kappa shape index (κ3) is 8.83. The highest BCUT2D eigenvalue weighted by atomic mass is 32.3. The molecule has 1 N–H and O–H groups in total. The fraction of sp³-hybridized carbons (Fsp3) is 0.529. The molecule has 0 aliphatic heterocycles. The van der Waals surface area contributed by atoms with Crippen molar-refractivity contribution in [3.63, 3.8) is 0 Å². The van der Waals surface area contributed by atoms with Crippen molar-refractivity contribution in [2.75, 3.05) is 13.7 Å². The number of nitrogens with one attached hydrogen (secondary N) is 1. The lowest BCUT2D eigenvalue weighted by Gasteiger charge is -2.19. The number of ether oxygens (including phenoxy) is 2. The molecule has 0 aliphatic rings. The van der Waals surface area contributed by atoms with Crippen molar-refractivity contribution in [1.29, 1.82) is 0 Å². The van der Waals surface area contributed by atoms with Crippen LogP contribution in [0.4, 0.5) is 3.89 Å². The number of hydrogen-bond acceptors (Lipinski definition) is 8. The summed E-state index contributed by atoms with van der Waals surface area (Å²) in [5.41, 5.74) is 0.573. The fourth-order valence-electron chi connectivity index (χ4n) is 2.20. The second kappa shape index (κ2) is 9.14. The molecule has 0 bridgehead atoms. The molecule has 27 heavy (non-hydrogen) atoms. The van der Waals surface area contributed by atoms with Crippen molar-refractivity contribution in [3.05, 3.63) is 28.8 Å². The van der Waals surface area contributed by atoms with E-state index in [9.17, 15) is 21.9 Å². The second-order valence-electron chi connectivity index (χ2n) is 6.80. The van der Waals surface area contributed by atoms with Crippen LogP contribution < -0.4 is 9.50 Å². The smallest absolute Gasteiger partial charge is 0.469 e. The molecular weight excluding hydrogens is 381 g/mol. The van der Waals surface area contributed by atoms with Gasteiger partial charge in [-0.25, -0.2) is 0 Å². The van der Waals surface area contributed by atoms with E-state index < -0.39 is 28.0 Å². The third-order valence-electron chi connectivity index (χ3n) is 3.30. The Hall–Kier alpha value is -2.20. The molecule has 0 saturated carbocycles. The number of carbonyl (C=O) groups excluding carboxylic acids is 2. The Labute approximate surface area is 158 Å². The zero-order valence-corrected chi connectivity index (χ0v) is 16.7. The minimum absolute atomic E-state index is 0.0882. The molecule has 1 rings (SSSR count). The molecule has 0 saturated heterocycles. The first kappa shape index (κ1) is 22.8. The molecule has 0 aliphatic carbocycles. The van der Waals surface area contributed by atoms with E-state index >= 15 is 0 Å². The molecule has 1 aromatic carbocycles. The highest BCUT2D eigenvalue weighted by molar-refractivity contribution is 7.81. The fourth-order valence-corrected chi connectivity index (χ4v) is 2.59. The van der Waals surface area contributed by atoms with Gasteiger partial charge >= 0.3 is 22.4 Å². The Morgan fingerprint density at radius 2 is 1.81 bits per heavy atom. The van der Waals surface area contributed by atoms with Crippen molar-refractivity contribution in [2.45, 2.75) is 46.3 Å². The largest absolute Gasteiger partial charge is 0.488 e. The van der Waals surface area contributed by atoms with Crippen LogP contribution in [0.15, 0.2) is 12.1 Å². The molecule has 0 aromatic heterocycles. The van der Waals surface area contributed by atoms with Crippen LogP contribution in [-0.2, 0) is 42.5 Å². The van der Waals surface area contributed by atoms with Crippen molar-refractivity contribution < 1.29 is 35.5 Å². The van der Waals surface area contributed by atoms with Gasteiger partial charge in [0.05, 0.1) is 20.1 Å². The highest BCUT2D eigenvalue weighted by Gasteiger charge is 2.18. The van der Waals surface area contributed by atoms with Gasteiger partial charge in [0, 0.05) is 6.54 Å².